The number of hydrogen-bond donors (Lipinski definition) is 1. The molecule has 1 fully saturated rings. The molecule has 2 unspecified atom stereocenters. The molecule has 2 atom stereocenters. The molecule has 0 aromatic heterocycles. The summed E-state index contributed by atoms with van der Waals surface area (Å²) in [6.07, 6.45) is 1.00. The third kappa shape index (κ3) is 7.43. The highest BCUT2D eigenvalue weighted by Gasteiger charge is 2.25. The van der Waals surface area contributed by atoms with Gasteiger partial charge >= 0.3 is 5.97 Å². The van der Waals surface area contributed by atoms with Gasteiger partial charge in [-0.3, -0.25) is 9.59 Å². The summed E-state index contributed by atoms with van der Waals surface area (Å²) < 4.78 is 11.0. The fourth-order valence-electron chi connectivity index (χ4n) is 2.50. The molecule has 0 saturated carbocycles. The van der Waals surface area contributed by atoms with Crippen LogP contribution in [0.1, 0.15) is 40.0 Å². The number of hydrogen-bond acceptors (Lipinski definition) is 4. The van der Waals surface area contributed by atoms with Crippen molar-refractivity contribution in [3.05, 3.63) is 0 Å². The third-order valence-corrected chi connectivity index (χ3v) is 3.42. The van der Waals surface area contributed by atoms with E-state index in [0.29, 0.717) is 38.6 Å². The highest BCUT2D eigenvalue weighted by Crippen LogP contribution is 2.11. The van der Waals surface area contributed by atoms with Crippen LogP contribution in [0.5, 0.6) is 0 Å². The van der Waals surface area contributed by atoms with Gasteiger partial charge in [-0.15, -0.1) is 0 Å². The largest absolute Gasteiger partial charge is 0.481 e. The van der Waals surface area contributed by atoms with Gasteiger partial charge in [-0.05, 0) is 19.3 Å². The van der Waals surface area contributed by atoms with E-state index in [-0.39, 0.29) is 18.4 Å². The first-order chi connectivity index (χ1) is 9.88. The van der Waals surface area contributed by atoms with E-state index in [1.165, 1.54) is 0 Å². The molecule has 1 N–H and O–H groups in total. The Morgan fingerprint density at radius 1 is 1.38 bits per heavy atom. The van der Waals surface area contributed by atoms with Gasteiger partial charge in [0.2, 0.25) is 5.91 Å². The molecule has 0 aromatic rings. The zero-order valence-corrected chi connectivity index (χ0v) is 13.2. The highest BCUT2D eigenvalue weighted by molar-refractivity contribution is 5.76. The first-order valence-electron chi connectivity index (χ1n) is 7.61. The van der Waals surface area contributed by atoms with E-state index in [9.17, 15) is 9.59 Å². The molecule has 21 heavy (non-hydrogen) atoms. The van der Waals surface area contributed by atoms with Crippen molar-refractivity contribution in [3.63, 3.8) is 0 Å². The summed E-state index contributed by atoms with van der Waals surface area (Å²) in [6.45, 7) is 7.98. The van der Waals surface area contributed by atoms with Crippen LogP contribution >= 0.6 is 0 Å². The molecule has 1 aliphatic rings. The summed E-state index contributed by atoms with van der Waals surface area (Å²) >= 11 is 0. The lowest BCUT2D eigenvalue weighted by Gasteiger charge is -2.32. The monoisotopic (exact) mass is 301 g/mol. The third-order valence-electron chi connectivity index (χ3n) is 3.42. The predicted molar refractivity (Wildman–Crippen MR) is 78.1 cm³/mol. The van der Waals surface area contributed by atoms with E-state index >= 15 is 0 Å². The minimum atomic E-state index is -0.903. The van der Waals surface area contributed by atoms with Gasteiger partial charge < -0.3 is 19.5 Å². The quantitative estimate of drug-likeness (QED) is 0.736. The maximum absolute atomic E-state index is 12.1. The van der Waals surface area contributed by atoms with Crippen molar-refractivity contribution in [1.29, 1.82) is 0 Å². The SMILES string of the molecule is CC(C)CC(C)OCCC(=O)N1CCOC(CC(=O)O)C1. The summed E-state index contributed by atoms with van der Waals surface area (Å²) in [5, 5.41) is 8.76. The molecular weight excluding hydrogens is 274 g/mol. The molecule has 1 rings (SSSR count). The summed E-state index contributed by atoms with van der Waals surface area (Å²) in [5.74, 6) is -0.322. The number of nitrogens with zero attached hydrogens (tertiary/aromatic N) is 1. The Kier molecular flexibility index (Phi) is 7.67. The number of aliphatic carboxylic acids is 1. The first kappa shape index (κ1) is 17.9. The van der Waals surface area contributed by atoms with E-state index < -0.39 is 12.1 Å². The van der Waals surface area contributed by atoms with E-state index in [0.717, 1.165) is 6.42 Å². The Morgan fingerprint density at radius 3 is 2.71 bits per heavy atom. The van der Waals surface area contributed by atoms with Crippen LogP contribution in [0.15, 0.2) is 0 Å². The second kappa shape index (κ2) is 9.00. The number of carbonyl (C=O) groups is 2. The van der Waals surface area contributed by atoms with Crippen molar-refractivity contribution < 1.29 is 24.2 Å². The molecule has 1 saturated heterocycles. The van der Waals surface area contributed by atoms with Gasteiger partial charge in [0.25, 0.3) is 0 Å². The molecule has 6 nitrogen and oxygen atoms in total. The fraction of sp³-hybridized carbons (Fsp3) is 0.867. The van der Waals surface area contributed by atoms with Gasteiger partial charge in [-0.25, -0.2) is 0 Å². The molecule has 1 amide bonds. The smallest absolute Gasteiger partial charge is 0.306 e. The van der Waals surface area contributed by atoms with Crippen LogP contribution in [-0.2, 0) is 19.1 Å². The van der Waals surface area contributed by atoms with Crippen molar-refractivity contribution in [2.45, 2.75) is 52.2 Å². The average molecular weight is 301 g/mol. The molecule has 122 valence electrons. The molecule has 1 aliphatic heterocycles. The van der Waals surface area contributed by atoms with Gasteiger partial charge in [-0.1, -0.05) is 13.8 Å². The minimum absolute atomic E-state index is 0.00503. The van der Waals surface area contributed by atoms with Crippen molar-refractivity contribution in [2.75, 3.05) is 26.3 Å². The number of morpholine rings is 1. The summed E-state index contributed by atoms with van der Waals surface area (Å²) in [4.78, 5) is 24.4. The Hall–Kier alpha value is -1.14. The van der Waals surface area contributed by atoms with Crippen LogP contribution in [-0.4, -0.2) is 60.4 Å². The van der Waals surface area contributed by atoms with Crippen LogP contribution in [0.2, 0.25) is 0 Å². The first-order valence-corrected chi connectivity index (χ1v) is 7.61. The Labute approximate surface area is 126 Å². The van der Waals surface area contributed by atoms with Gasteiger partial charge in [0.05, 0.1) is 38.3 Å². The second-order valence-electron chi connectivity index (χ2n) is 5.99. The number of amides is 1. The molecule has 0 aromatic carbocycles. The molecule has 0 radical (unpaired) electrons. The van der Waals surface area contributed by atoms with Crippen LogP contribution in [0.25, 0.3) is 0 Å². The van der Waals surface area contributed by atoms with Crippen LogP contribution < -0.4 is 0 Å². The average Bonchev–Trinajstić information content (AvgIpc) is 2.37. The topological polar surface area (TPSA) is 76.1 Å². The lowest BCUT2D eigenvalue weighted by atomic mass is 10.1. The lowest BCUT2D eigenvalue weighted by molar-refractivity contribution is -0.148. The fourth-order valence-corrected chi connectivity index (χ4v) is 2.50. The van der Waals surface area contributed by atoms with E-state index in [4.69, 9.17) is 14.6 Å². The van der Waals surface area contributed by atoms with E-state index in [1.807, 2.05) is 6.92 Å². The standard InChI is InChI=1S/C15H27NO5/c1-11(2)8-12(3)20-6-4-14(17)16-5-7-21-13(10-16)9-15(18)19/h11-13H,4-10H2,1-3H3,(H,18,19). The molecule has 1 heterocycles. The van der Waals surface area contributed by atoms with Crippen LogP contribution in [0, 0.1) is 5.92 Å². The Morgan fingerprint density at radius 2 is 2.10 bits per heavy atom. The van der Waals surface area contributed by atoms with E-state index in [2.05, 4.69) is 13.8 Å². The number of rotatable bonds is 8. The molecule has 6 heteroatoms. The maximum Gasteiger partial charge on any atom is 0.306 e. The number of ether oxygens (including phenoxy) is 2. The van der Waals surface area contributed by atoms with Gasteiger partial charge in [0.1, 0.15) is 0 Å². The maximum atomic E-state index is 12.1. The zero-order chi connectivity index (χ0) is 15.8. The minimum Gasteiger partial charge on any atom is -0.481 e. The van der Waals surface area contributed by atoms with Gasteiger partial charge in [0, 0.05) is 13.1 Å². The van der Waals surface area contributed by atoms with Crippen molar-refractivity contribution in [2.24, 2.45) is 5.92 Å². The zero-order valence-electron chi connectivity index (χ0n) is 13.2. The molecule has 0 bridgehead atoms. The summed E-state index contributed by atoms with van der Waals surface area (Å²) in [5.41, 5.74) is 0. The Bertz CT molecular complexity index is 345. The van der Waals surface area contributed by atoms with Crippen molar-refractivity contribution in [3.8, 4) is 0 Å². The molecule has 0 spiro atoms. The molecular formula is C15H27NO5. The lowest BCUT2D eigenvalue weighted by Crippen LogP contribution is -2.46. The molecule has 0 aliphatic carbocycles. The van der Waals surface area contributed by atoms with Gasteiger partial charge in [0.15, 0.2) is 0 Å². The van der Waals surface area contributed by atoms with Crippen molar-refractivity contribution in [1.82, 2.24) is 4.90 Å². The Balaban J connectivity index is 2.26. The van der Waals surface area contributed by atoms with Crippen LogP contribution in [0.4, 0.5) is 0 Å². The normalized spacial score (nSPS) is 20.6. The van der Waals surface area contributed by atoms with Gasteiger partial charge in [-0.2, -0.15) is 0 Å². The highest BCUT2D eigenvalue weighted by atomic mass is 16.5. The number of carboxylic acids is 1. The second-order valence-corrected chi connectivity index (χ2v) is 5.99. The number of carbonyl (C=O) groups excluding carboxylic acids is 1. The van der Waals surface area contributed by atoms with Crippen LogP contribution in [0.3, 0.4) is 0 Å². The summed E-state index contributed by atoms with van der Waals surface area (Å²) in [7, 11) is 0. The summed E-state index contributed by atoms with van der Waals surface area (Å²) in [6, 6.07) is 0. The van der Waals surface area contributed by atoms with E-state index in [1.54, 1.807) is 4.90 Å². The van der Waals surface area contributed by atoms with Crippen molar-refractivity contribution >= 4 is 11.9 Å². The number of carboxylic acid groups (broad SMARTS) is 1. The predicted octanol–water partition coefficient (Wildman–Crippen LogP) is 1.53.